The zero-order chi connectivity index (χ0) is 9.40. The van der Waals surface area contributed by atoms with Crippen molar-refractivity contribution in [3.63, 3.8) is 0 Å². The first-order valence-electron chi connectivity index (χ1n) is 4.70. The second kappa shape index (κ2) is 7.32. The van der Waals surface area contributed by atoms with E-state index in [9.17, 15) is 0 Å². The second-order valence-corrected chi connectivity index (χ2v) is 3.30. The standard InChI is InChI=1S/C10H22N2/c1-5-10(2)9-12(4)8-6-7-11-3/h11H,2,5-9H2,1,3-4H3. The molecule has 0 rings (SSSR count). The lowest BCUT2D eigenvalue weighted by Crippen LogP contribution is -2.24. The van der Waals surface area contributed by atoms with Crippen LogP contribution in [0.5, 0.6) is 0 Å². The topological polar surface area (TPSA) is 15.3 Å². The normalized spacial score (nSPS) is 10.7. The van der Waals surface area contributed by atoms with Crippen molar-refractivity contribution < 1.29 is 0 Å². The Morgan fingerprint density at radius 2 is 2.17 bits per heavy atom. The zero-order valence-electron chi connectivity index (χ0n) is 8.69. The Morgan fingerprint density at radius 1 is 1.50 bits per heavy atom. The van der Waals surface area contributed by atoms with Gasteiger partial charge < -0.3 is 10.2 Å². The largest absolute Gasteiger partial charge is 0.320 e. The number of rotatable bonds is 7. The van der Waals surface area contributed by atoms with Crippen LogP contribution in [0, 0.1) is 0 Å². The molecular formula is C10H22N2. The van der Waals surface area contributed by atoms with Crippen molar-refractivity contribution in [2.24, 2.45) is 0 Å². The number of nitrogens with zero attached hydrogens (tertiary/aromatic N) is 1. The molecule has 72 valence electrons. The summed E-state index contributed by atoms with van der Waals surface area (Å²) in [5.74, 6) is 0. The molecule has 0 fully saturated rings. The highest BCUT2D eigenvalue weighted by atomic mass is 15.1. The van der Waals surface area contributed by atoms with Gasteiger partial charge in [-0.15, -0.1) is 0 Å². The predicted molar refractivity (Wildman–Crippen MR) is 55.5 cm³/mol. The quantitative estimate of drug-likeness (QED) is 0.460. The molecule has 0 aromatic rings. The molecule has 2 nitrogen and oxygen atoms in total. The fraction of sp³-hybridized carbons (Fsp3) is 0.800. The monoisotopic (exact) mass is 170 g/mol. The van der Waals surface area contributed by atoms with E-state index in [1.165, 1.54) is 12.0 Å². The van der Waals surface area contributed by atoms with Gasteiger partial charge in [-0.2, -0.15) is 0 Å². The molecule has 0 unspecified atom stereocenters. The summed E-state index contributed by atoms with van der Waals surface area (Å²) in [4.78, 5) is 2.32. The van der Waals surface area contributed by atoms with Gasteiger partial charge in [-0.3, -0.25) is 0 Å². The smallest absolute Gasteiger partial charge is 0.0187 e. The molecule has 0 aliphatic rings. The highest BCUT2D eigenvalue weighted by Crippen LogP contribution is 1.99. The molecule has 0 aromatic heterocycles. The first kappa shape index (κ1) is 11.7. The van der Waals surface area contributed by atoms with Crippen molar-refractivity contribution in [1.82, 2.24) is 10.2 Å². The van der Waals surface area contributed by atoms with E-state index in [1.807, 2.05) is 7.05 Å². The van der Waals surface area contributed by atoms with E-state index in [1.54, 1.807) is 0 Å². The van der Waals surface area contributed by atoms with Crippen LogP contribution in [0.1, 0.15) is 19.8 Å². The number of hydrogen-bond donors (Lipinski definition) is 1. The van der Waals surface area contributed by atoms with Gasteiger partial charge in [0.1, 0.15) is 0 Å². The second-order valence-electron chi connectivity index (χ2n) is 3.30. The van der Waals surface area contributed by atoms with Crippen LogP contribution in [-0.4, -0.2) is 38.6 Å². The molecule has 0 radical (unpaired) electrons. The van der Waals surface area contributed by atoms with Gasteiger partial charge in [0.15, 0.2) is 0 Å². The van der Waals surface area contributed by atoms with Crippen LogP contribution >= 0.6 is 0 Å². The van der Waals surface area contributed by atoms with Gasteiger partial charge in [-0.05, 0) is 40.0 Å². The molecule has 2 heteroatoms. The number of nitrogens with one attached hydrogen (secondary N) is 1. The lowest BCUT2D eigenvalue weighted by atomic mass is 10.2. The lowest BCUT2D eigenvalue weighted by Gasteiger charge is -2.16. The van der Waals surface area contributed by atoms with Gasteiger partial charge in [0.2, 0.25) is 0 Å². The minimum Gasteiger partial charge on any atom is -0.320 e. The molecule has 0 bridgehead atoms. The fourth-order valence-electron chi connectivity index (χ4n) is 1.10. The van der Waals surface area contributed by atoms with Gasteiger partial charge in [0.25, 0.3) is 0 Å². The summed E-state index contributed by atoms with van der Waals surface area (Å²) in [6, 6.07) is 0. The third-order valence-corrected chi connectivity index (χ3v) is 1.96. The SMILES string of the molecule is C=C(CC)CN(C)CCCNC. The first-order valence-corrected chi connectivity index (χ1v) is 4.70. The van der Waals surface area contributed by atoms with Crippen LogP contribution in [0.3, 0.4) is 0 Å². The Hall–Kier alpha value is -0.340. The Kier molecular flexibility index (Phi) is 7.11. The van der Waals surface area contributed by atoms with E-state index in [2.05, 4.69) is 30.8 Å². The minimum atomic E-state index is 1.04. The molecule has 0 aliphatic heterocycles. The van der Waals surface area contributed by atoms with E-state index >= 15 is 0 Å². The maximum atomic E-state index is 3.98. The number of likely N-dealkylation sites (N-methyl/N-ethyl adjacent to an activating group) is 1. The molecule has 0 saturated carbocycles. The summed E-state index contributed by atoms with van der Waals surface area (Å²) in [5, 5.41) is 3.14. The molecule has 0 amide bonds. The van der Waals surface area contributed by atoms with Crippen LogP contribution in [0.25, 0.3) is 0 Å². The predicted octanol–water partition coefficient (Wildman–Crippen LogP) is 1.49. The average Bonchev–Trinajstić information content (AvgIpc) is 2.05. The molecular weight excluding hydrogens is 148 g/mol. The van der Waals surface area contributed by atoms with Crippen LogP contribution in [0.2, 0.25) is 0 Å². The fourth-order valence-corrected chi connectivity index (χ4v) is 1.10. The summed E-state index contributed by atoms with van der Waals surface area (Å²) in [6.45, 7) is 9.44. The van der Waals surface area contributed by atoms with Crippen molar-refractivity contribution in [3.8, 4) is 0 Å². The molecule has 0 aromatic carbocycles. The highest BCUT2D eigenvalue weighted by molar-refractivity contribution is 4.95. The Balaban J connectivity index is 3.32. The maximum Gasteiger partial charge on any atom is 0.0187 e. The van der Waals surface area contributed by atoms with E-state index in [0.717, 1.165) is 26.1 Å². The van der Waals surface area contributed by atoms with Crippen molar-refractivity contribution >= 4 is 0 Å². The molecule has 1 N–H and O–H groups in total. The van der Waals surface area contributed by atoms with Gasteiger partial charge in [0.05, 0.1) is 0 Å². The molecule has 0 heterocycles. The molecule has 0 spiro atoms. The Labute approximate surface area is 76.6 Å². The summed E-state index contributed by atoms with van der Waals surface area (Å²) in [6.07, 6.45) is 2.31. The molecule has 0 saturated heterocycles. The van der Waals surface area contributed by atoms with Crippen LogP contribution in [-0.2, 0) is 0 Å². The Morgan fingerprint density at radius 3 is 2.67 bits per heavy atom. The molecule has 0 aliphatic carbocycles. The van der Waals surface area contributed by atoms with Gasteiger partial charge in [0, 0.05) is 6.54 Å². The van der Waals surface area contributed by atoms with Crippen LogP contribution < -0.4 is 5.32 Å². The van der Waals surface area contributed by atoms with Crippen molar-refractivity contribution in [2.75, 3.05) is 33.7 Å². The van der Waals surface area contributed by atoms with E-state index < -0.39 is 0 Å². The average molecular weight is 170 g/mol. The first-order chi connectivity index (χ1) is 5.70. The van der Waals surface area contributed by atoms with Crippen LogP contribution in [0.4, 0.5) is 0 Å². The third kappa shape index (κ3) is 6.38. The third-order valence-electron chi connectivity index (χ3n) is 1.96. The van der Waals surface area contributed by atoms with E-state index in [-0.39, 0.29) is 0 Å². The Bertz CT molecular complexity index is 121. The van der Waals surface area contributed by atoms with Crippen LogP contribution in [0.15, 0.2) is 12.2 Å². The maximum absolute atomic E-state index is 3.98. The van der Waals surface area contributed by atoms with Gasteiger partial charge in [-0.1, -0.05) is 19.1 Å². The van der Waals surface area contributed by atoms with Crippen molar-refractivity contribution in [3.05, 3.63) is 12.2 Å². The molecule has 0 atom stereocenters. The summed E-state index contributed by atoms with van der Waals surface area (Å²) in [7, 11) is 4.14. The minimum absolute atomic E-state index is 1.04. The van der Waals surface area contributed by atoms with Crippen molar-refractivity contribution in [2.45, 2.75) is 19.8 Å². The summed E-state index contributed by atoms with van der Waals surface area (Å²) < 4.78 is 0. The van der Waals surface area contributed by atoms with E-state index in [4.69, 9.17) is 0 Å². The van der Waals surface area contributed by atoms with E-state index in [0.29, 0.717) is 0 Å². The van der Waals surface area contributed by atoms with Gasteiger partial charge >= 0.3 is 0 Å². The summed E-state index contributed by atoms with van der Waals surface area (Å²) in [5.41, 5.74) is 1.32. The van der Waals surface area contributed by atoms with Crippen molar-refractivity contribution in [1.29, 1.82) is 0 Å². The highest BCUT2D eigenvalue weighted by Gasteiger charge is 1.98. The number of hydrogen-bond acceptors (Lipinski definition) is 2. The summed E-state index contributed by atoms with van der Waals surface area (Å²) >= 11 is 0. The lowest BCUT2D eigenvalue weighted by molar-refractivity contribution is 0.352. The zero-order valence-corrected chi connectivity index (χ0v) is 8.69. The van der Waals surface area contributed by atoms with Gasteiger partial charge in [-0.25, -0.2) is 0 Å². The molecule has 12 heavy (non-hydrogen) atoms.